The third-order valence-electron chi connectivity index (χ3n) is 0.944. The average Bonchev–Trinajstić information content (AvgIpc) is 1.88. The first kappa shape index (κ1) is 11.9. The zero-order valence-electron chi connectivity index (χ0n) is 6.11. The fourth-order valence-electron chi connectivity index (χ4n) is 0.585. The Balaban J connectivity index is 0.000001000. The Labute approximate surface area is 125 Å². The Morgan fingerprint density at radius 1 is 1.27 bits per heavy atom. The fraction of sp³-hybridized carbons (Fsp3) is 0. The van der Waals surface area contributed by atoms with Crippen molar-refractivity contribution in [2.24, 2.45) is 0 Å². The van der Waals surface area contributed by atoms with Crippen LogP contribution in [0, 0.1) is 0 Å². The van der Waals surface area contributed by atoms with Crippen LogP contribution < -0.4 is 78.1 Å². The molecule has 0 saturated carbocycles. The van der Waals surface area contributed by atoms with E-state index in [4.69, 9.17) is 0 Å². The van der Waals surface area contributed by atoms with Crippen LogP contribution in [0.25, 0.3) is 0 Å². The Kier molecular flexibility index (Phi) is 6.93. The minimum atomic E-state index is -3.09. The molecule has 0 spiro atoms. The molecule has 0 saturated heterocycles. The summed E-state index contributed by atoms with van der Waals surface area (Å²) in [5, 5.41) is 0. The molecule has 0 fully saturated rings. The van der Waals surface area contributed by atoms with E-state index in [0.717, 1.165) is 0 Å². The van der Waals surface area contributed by atoms with Gasteiger partial charge in [0, 0.05) is 5.75 Å². The first-order valence-corrected chi connectivity index (χ1v) is 3.95. The molecule has 0 amide bonds. The van der Waals surface area contributed by atoms with E-state index < -0.39 is 9.17 Å². The van der Waals surface area contributed by atoms with Crippen LogP contribution >= 0.6 is 0 Å². The van der Waals surface area contributed by atoms with Gasteiger partial charge in [-0.25, -0.2) is 0 Å². The standard InChI is InChI=1S/C6H5O3Si.Cs/c7-10(8)9-6-4-2-1-3-5-6;/h1-5H;/q-1;+1. The zero-order valence-corrected chi connectivity index (χ0v) is 13.4. The Bertz CT molecular complexity index is 227. The first-order chi connectivity index (χ1) is 4.79. The summed E-state index contributed by atoms with van der Waals surface area (Å²) in [7, 11) is -3.09. The van der Waals surface area contributed by atoms with Crippen molar-refractivity contribution in [1.82, 2.24) is 0 Å². The molecular formula is C6H5CsO3Si. The van der Waals surface area contributed by atoms with Crippen LogP contribution in [0.3, 0.4) is 0 Å². The monoisotopic (exact) mass is 286 g/mol. The van der Waals surface area contributed by atoms with Gasteiger partial charge in [0.15, 0.2) is 0 Å². The third kappa shape index (κ3) is 5.18. The number of benzene rings is 1. The van der Waals surface area contributed by atoms with E-state index in [9.17, 15) is 9.26 Å². The van der Waals surface area contributed by atoms with E-state index >= 15 is 0 Å². The molecule has 0 aliphatic heterocycles. The van der Waals surface area contributed by atoms with Gasteiger partial charge in [0.05, 0.1) is 0 Å². The van der Waals surface area contributed by atoms with Crippen LogP contribution in [-0.2, 0) is 4.46 Å². The summed E-state index contributed by atoms with van der Waals surface area (Å²) in [6, 6.07) is 8.37. The van der Waals surface area contributed by atoms with Gasteiger partial charge >= 0.3 is 78.1 Å². The Morgan fingerprint density at radius 3 is 2.27 bits per heavy atom. The fourth-order valence-corrected chi connectivity index (χ4v) is 0.913. The molecule has 0 bridgehead atoms. The van der Waals surface area contributed by atoms with E-state index in [1.54, 1.807) is 30.3 Å². The van der Waals surface area contributed by atoms with Crippen molar-refractivity contribution in [3.05, 3.63) is 30.3 Å². The molecule has 3 nitrogen and oxygen atoms in total. The molecule has 0 aromatic heterocycles. The maximum atomic E-state index is 10.0. The first-order valence-electron chi connectivity index (χ1n) is 2.73. The summed E-state index contributed by atoms with van der Waals surface area (Å²) in [6.45, 7) is 0. The summed E-state index contributed by atoms with van der Waals surface area (Å²) < 4.78 is 14.4. The average molecular weight is 286 g/mol. The van der Waals surface area contributed by atoms with Gasteiger partial charge in [-0.05, 0) is 12.1 Å². The summed E-state index contributed by atoms with van der Waals surface area (Å²) in [5.74, 6) is 0.362. The van der Waals surface area contributed by atoms with E-state index in [1.807, 2.05) is 0 Å². The van der Waals surface area contributed by atoms with Crippen molar-refractivity contribution in [3.63, 3.8) is 0 Å². The predicted octanol–water partition coefficient (Wildman–Crippen LogP) is -3.15. The Hall–Kier alpha value is 0.889. The second kappa shape index (κ2) is 6.41. The smallest absolute Gasteiger partial charge is 0.554 e. The SMILES string of the molecule is O=[Si]([O-])Oc1ccccc1.[Cs+]. The molecule has 1 aromatic rings. The maximum Gasteiger partial charge on any atom is 1.00 e. The predicted molar refractivity (Wildman–Crippen MR) is 33.5 cm³/mol. The number of hydrogen-bond acceptors (Lipinski definition) is 3. The van der Waals surface area contributed by atoms with Gasteiger partial charge in [0.1, 0.15) is 0 Å². The molecule has 1 rings (SSSR count). The van der Waals surface area contributed by atoms with Crippen LogP contribution in [-0.4, -0.2) is 9.17 Å². The molecule has 0 unspecified atom stereocenters. The molecule has 0 N–H and O–H groups in total. The van der Waals surface area contributed by atoms with Gasteiger partial charge in [0.2, 0.25) is 0 Å². The van der Waals surface area contributed by atoms with Crippen LogP contribution in [0.1, 0.15) is 0 Å². The van der Waals surface area contributed by atoms with Crippen molar-refractivity contribution in [1.29, 1.82) is 0 Å². The molecule has 5 heteroatoms. The van der Waals surface area contributed by atoms with Gasteiger partial charge in [-0.15, -0.1) is 0 Å². The Morgan fingerprint density at radius 2 is 1.82 bits per heavy atom. The van der Waals surface area contributed by atoms with Gasteiger partial charge in [-0.3, -0.25) is 0 Å². The normalized spacial score (nSPS) is 8.00. The second-order valence-corrected chi connectivity index (χ2v) is 2.37. The molecule has 1 aromatic carbocycles. The summed E-state index contributed by atoms with van der Waals surface area (Å²) >= 11 is 0. The van der Waals surface area contributed by atoms with Crippen LogP contribution in [0.2, 0.25) is 0 Å². The van der Waals surface area contributed by atoms with Crippen molar-refractivity contribution < 1.29 is 82.6 Å². The van der Waals surface area contributed by atoms with Gasteiger partial charge in [-0.1, -0.05) is 18.2 Å². The minimum Gasteiger partial charge on any atom is -0.554 e. The summed E-state index contributed by atoms with van der Waals surface area (Å²) in [4.78, 5) is 10.0. The molecule has 0 heterocycles. The second-order valence-electron chi connectivity index (χ2n) is 1.67. The van der Waals surface area contributed by atoms with Gasteiger partial charge < -0.3 is 13.7 Å². The quantitative estimate of drug-likeness (QED) is 0.539. The summed E-state index contributed by atoms with van der Waals surface area (Å²) in [6.07, 6.45) is 0. The molecule has 0 aliphatic carbocycles. The molecule has 0 radical (unpaired) electrons. The summed E-state index contributed by atoms with van der Waals surface area (Å²) in [5.41, 5.74) is 0. The van der Waals surface area contributed by atoms with E-state index in [2.05, 4.69) is 4.43 Å². The van der Waals surface area contributed by atoms with Gasteiger partial charge in [-0.2, -0.15) is 0 Å². The van der Waals surface area contributed by atoms with Gasteiger partial charge in [0.25, 0.3) is 0 Å². The zero-order chi connectivity index (χ0) is 7.40. The van der Waals surface area contributed by atoms with Crippen molar-refractivity contribution >= 4 is 9.17 Å². The molecule has 11 heavy (non-hydrogen) atoms. The molecule has 0 aliphatic rings. The van der Waals surface area contributed by atoms with Crippen molar-refractivity contribution in [2.75, 3.05) is 0 Å². The van der Waals surface area contributed by atoms with E-state index in [0.29, 0.717) is 5.75 Å². The maximum absolute atomic E-state index is 10.0. The minimum absolute atomic E-state index is 0. The molecule has 0 atom stereocenters. The largest absolute Gasteiger partial charge is 1.00 e. The number of para-hydroxylation sites is 1. The third-order valence-corrected chi connectivity index (χ3v) is 1.35. The van der Waals surface area contributed by atoms with Crippen LogP contribution in [0.5, 0.6) is 5.75 Å². The van der Waals surface area contributed by atoms with Crippen LogP contribution in [0.15, 0.2) is 30.3 Å². The van der Waals surface area contributed by atoms with Crippen molar-refractivity contribution in [2.45, 2.75) is 0 Å². The number of rotatable bonds is 2. The number of hydrogen-bond donors (Lipinski definition) is 0. The van der Waals surface area contributed by atoms with E-state index in [-0.39, 0.29) is 68.9 Å². The molecule has 52 valence electrons. The van der Waals surface area contributed by atoms with Crippen molar-refractivity contribution in [3.8, 4) is 5.75 Å². The van der Waals surface area contributed by atoms with E-state index in [1.165, 1.54) is 0 Å². The topological polar surface area (TPSA) is 49.4 Å². The molecular weight excluding hydrogens is 281 g/mol. The van der Waals surface area contributed by atoms with Crippen LogP contribution in [0.4, 0.5) is 0 Å².